The molecular weight excluding hydrogens is 456 g/mol. The van der Waals surface area contributed by atoms with Gasteiger partial charge in [-0.05, 0) is 62.0 Å². The van der Waals surface area contributed by atoms with Crippen LogP contribution < -0.4 is 19.7 Å². The fourth-order valence-electron chi connectivity index (χ4n) is 3.02. The summed E-state index contributed by atoms with van der Waals surface area (Å²) in [5, 5.41) is 11.8. The molecule has 166 valence electrons. The molecule has 1 aliphatic heterocycles. The van der Waals surface area contributed by atoms with Crippen LogP contribution in [0.25, 0.3) is 6.08 Å². The van der Waals surface area contributed by atoms with Crippen LogP contribution in [0.5, 0.6) is 11.5 Å². The number of benzene rings is 2. The highest BCUT2D eigenvalue weighted by Crippen LogP contribution is 2.35. The zero-order valence-electron chi connectivity index (χ0n) is 17.2. The van der Waals surface area contributed by atoms with Crippen LogP contribution in [-0.2, 0) is 9.59 Å². The maximum Gasteiger partial charge on any atom is 0.335 e. The molecule has 2 aromatic carbocycles. The summed E-state index contributed by atoms with van der Waals surface area (Å²) in [6, 6.07) is 8.79. The number of hydrogen-bond acceptors (Lipinski definition) is 6. The first-order valence-electron chi connectivity index (χ1n) is 9.60. The van der Waals surface area contributed by atoms with Crippen molar-refractivity contribution in [2.45, 2.75) is 13.8 Å². The van der Waals surface area contributed by atoms with Crippen molar-refractivity contribution in [3.63, 3.8) is 0 Å². The molecule has 2 N–H and O–H groups in total. The minimum absolute atomic E-state index is 0.0311. The zero-order chi connectivity index (χ0) is 23.4. The minimum atomic E-state index is -1.16. The summed E-state index contributed by atoms with van der Waals surface area (Å²) >= 11 is 11.5. The van der Waals surface area contributed by atoms with E-state index < -0.39 is 17.8 Å². The van der Waals surface area contributed by atoms with Gasteiger partial charge in [0.25, 0.3) is 11.8 Å². The van der Waals surface area contributed by atoms with Crippen LogP contribution in [0.1, 0.15) is 29.8 Å². The number of nitrogens with one attached hydrogen (secondary N) is 1. The van der Waals surface area contributed by atoms with E-state index in [-0.39, 0.29) is 27.0 Å². The molecule has 1 heterocycles. The van der Waals surface area contributed by atoms with Crippen molar-refractivity contribution in [3.05, 3.63) is 58.1 Å². The number of hydrogen-bond donors (Lipinski definition) is 2. The third-order valence-corrected chi connectivity index (χ3v) is 5.03. The quantitative estimate of drug-likeness (QED) is 0.358. The number of nitrogens with zero attached hydrogens (tertiary/aromatic N) is 1. The van der Waals surface area contributed by atoms with Crippen molar-refractivity contribution in [1.29, 1.82) is 0 Å². The lowest BCUT2D eigenvalue weighted by molar-refractivity contribution is -0.122. The third-order valence-electron chi connectivity index (χ3n) is 4.42. The van der Waals surface area contributed by atoms with Gasteiger partial charge >= 0.3 is 5.97 Å². The molecule has 0 saturated carbocycles. The van der Waals surface area contributed by atoms with E-state index in [4.69, 9.17) is 33.3 Å². The number of halogens is 1. The van der Waals surface area contributed by atoms with E-state index in [9.17, 15) is 19.5 Å². The summed E-state index contributed by atoms with van der Waals surface area (Å²) in [7, 11) is 0. The second-order valence-corrected chi connectivity index (χ2v) is 7.29. The zero-order valence-corrected chi connectivity index (χ0v) is 18.7. The average molecular weight is 475 g/mol. The number of anilines is 1. The predicted molar refractivity (Wildman–Crippen MR) is 123 cm³/mol. The molecule has 0 aromatic heterocycles. The molecule has 0 bridgehead atoms. The van der Waals surface area contributed by atoms with Crippen LogP contribution in [0.15, 0.2) is 42.0 Å². The van der Waals surface area contributed by atoms with E-state index in [2.05, 4.69) is 5.32 Å². The molecule has 32 heavy (non-hydrogen) atoms. The van der Waals surface area contributed by atoms with Gasteiger partial charge in [-0.1, -0.05) is 17.7 Å². The first-order chi connectivity index (χ1) is 15.3. The number of ether oxygens (including phenoxy) is 2. The second-order valence-electron chi connectivity index (χ2n) is 6.50. The normalized spacial score (nSPS) is 15.0. The minimum Gasteiger partial charge on any atom is -0.490 e. The molecular formula is C22H19ClN2O6S. The molecule has 8 nitrogen and oxygen atoms in total. The largest absolute Gasteiger partial charge is 0.490 e. The molecule has 1 saturated heterocycles. The standard InChI is InChI=1S/C22H19ClN2O6S/c1-3-30-17-10-13(16(23)11-18(17)31-4-2)9-15-19(26)24-22(32)25(20(15)27)14-7-5-6-12(8-14)21(28)29/h5-11H,3-4H2,1-2H3,(H,28,29)(H,24,26,32). The van der Waals surface area contributed by atoms with Gasteiger partial charge < -0.3 is 14.6 Å². The maximum atomic E-state index is 13.2. The highest BCUT2D eigenvalue weighted by atomic mass is 35.5. The summed E-state index contributed by atoms with van der Waals surface area (Å²) in [5.41, 5.74) is 0.312. The van der Waals surface area contributed by atoms with E-state index in [0.29, 0.717) is 30.3 Å². The Morgan fingerprint density at radius 1 is 1.16 bits per heavy atom. The average Bonchev–Trinajstić information content (AvgIpc) is 2.74. The van der Waals surface area contributed by atoms with Gasteiger partial charge in [0, 0.05) is 6.07 Å². The molecule has 0 radical (unpaired) electrons. The third kappa shape index (κ3) is 4.74. The first-order valence-corrected chi connectivity index (χ1v) is 10.4. The summed E-state index contributed by atoms with van der Waals surface area (Å²) in [5.74, 6) is -1.73. The van der Waals surface area contributed by atoms with E-state index in [0.717, 1.165) is 4.90 Å². The Balaban J connectivity index is 2.05. The fraction of sp³-hybridized carbons (Fsp3) is 0.182. The van der Waals surface area contributed by atoms with Crippen LogP contribution in [0.3, 0.4) is 0 Å². The summed E-state index contributed by atoms with van der Waals surface area (Å²) in [6.07, 6.45) is 1.33. The van der Waals surface area contributed by atoms with Gasteiger partial charge in [0.1, 0.15) is 5.57 Å². The summed E-state index contributed by atoms with van der Waals surface area (Å²) < 4.78 is 11.1. The molecule has 0 spiro atoms. The van der Waals surface area contributed by atoms with Gasteiger partial charge in [-0.15, -0.1) is 0 Å². The Bertz CT molecular complexity index is 1150. The highest BCUT2D eigenvalue weighted by molar-refractivity contribution is 7.80. The molecule has 1 aliphatic rings. The Hall–Kier alpha value is -3.43. The molecule has 2 amide bonds. The highest BCUT2D eigenvalue weighted by Gasteiger charge is 2.35. The van der Waals surface area contributed by atoms with Crippen LogP contribution in [0.2, 0.25) is 5.02 Å². The molecule has 0 atom stereocenters. The van der Waals surface area contributed by atoms with Crippen LogP contribution >= 0.6 is 23.8 Å². The van der Waals surface area contributed by atoms with Crippen LogP contribution in [-0.4, -0.2) is 41.2 Å². The van der Waals surface area contributed by atoms with Gasteiger partial charge in [0.15, 0.2) is 16.6 Å². The Morgan fingerprint density at radius 3 is 2.44 bits per heavy atom. The maximum absolute atomic E-state index is 13.2. The molecule has 3 rings (SSSR count). The topological polar surface area (TPSA) is 105 Å². The van der Waals surface area contributed by atoms with Gasteiger partial charge in [0.05, 0.1) is 29.5 Å². The number of carboxylic acids is 1. The molecule has 10 heteroatoms. The van der Waals surface area contributed by atoms with Crippen LogP contribution in [0, 0.1) is 0 Å². The number of carbonyl (C=O) groups is 3. The lowest BCUT2D eigenvalue weighted by Gasteiger charge is -2.29. The predicted octanol–water partition coefficient (Wildman–Crippen LogP) is 3.67. The number of aromatic carboxylic acids is 1. The monoisotopic (exact) mass is 474 g/mol. The summed E-state index contributed by atoms with van der Waals surface area (Å²) in [4.78, 5) is 38.1. The second kappa shape index (κ2) is 9.80. The molecule has 0 aliphatic carbocycles. The van der Waals surface area contributed by atoms with E-state index >= 15 is 0 Å². The van der Waals surface area contributed by atoms with E-state index in [1.54, 1.807) is 12.1 Å². The van der Waals surface area contributed by atoms with Gasteiger partial charge in [-0.25, -0.2) is 4.79 Å². The number of carboxylic acid groups (broad SMARTS) is 1. The van der Waals surface area contributed by atoms with Gasteiger partial charge in [0.2, 0.25) is 0 Å². The Morgan fingerprint density at radius 2 is 1.81 bits per heavy atom. The number of amides is 2. The smallest absolute Gasteiger partial charge is 0.335 e. The molecule has 2 aromatic rings. The first kappa shape index (κ1) is 23.2. The van der Waals surface area contributed by atoms with Crippen LogP contribution in [0.4, 0.5) is 5.69 Å². The fourth-order valence-corrected chi connectivity index (χ4v) is 3.51. The van der Waals surface area contributed by atoms with Crippen molar-refractivity contribution in [2.24, 2.45) is 0 Å². The summed E-state index contributed by atoms with van der Waals surface area (Å²) in [6.45, 7) is 4.41. The van der Waals surface area contributed by atoms with Crippen molar-refractivity contribution >= 4 is 58.5 Å². The molecule has 1 fully saturated rings. The number of rotatable bonds is 7. The van der Waals surface area contributed by atoms with Crippen molar-refractivity contribution in [3.8, 4) is 11.5 Å². The van der Waals surface area contributed by atoms with Crippen molar-refractivity contribution in [1.82, 2.24) is 5.32 Å². The Kier molecular flexibility index (Phi) is 7.12. The van der Waals surface area contributed by atoms with Crippen molar-refractivity contribution < 1.29 is 29.0 Å². The van der Waals surface area contributed by atoms with Gasteiger partial charge in [-0.3, -0.25) is 19.8 Å². The lowest BCUT2D eigenvalue weighted by Crippen LogP contribution is -2.54. The molecule has 0 unspecified atom stereocenters. The SMILES string of the molecule is CCOc1cc(Cl)c(C=C2C(=O)NC(=S)N(c3cccc(C(=O)O)c3)C2=O)cc1OCC. The van der Waals surface area contributed by atoms with Gasteiger partial charge in [-0.2, -0.15) is 0 Å². The van der Waals surface area contributed by atoms with E-state index in [1.165, 1.54) is 30.3 Å². The van der Waals surface area contributed by atoms with Crippen molar-refractivity contribution in [2.75, 3.05) is 18.1 Å². The number of thiocarbonyl (C=S) groups is 1. The Labute approximate surface area is 194 Å². The lowest BCUT2D eigenvalue weighted by atomic mass is 10.1. The van der Waals surface area contributed by atoms with E-state index in [1.807, 2.05) is 13.8 Å². The number of carbonyl (C=O) groups excluding carboxylic acids is 2.